The zero-order valence-corrected chi connectivity index (χ0v) is 11.2. The summed E-state index contributed by atoms with van der Waals surface area (Å²) < 4.78 is 8.91. The molecule has 0 aromatic carbocycles. The summed E-state index contributed by atoms with van der Waals surface area (Å²) in [7, 11) is 1.04. The molecular weight excluding hydrogens is 292 g/mol. The molecule has 0 saturated heterocycles. The molecule has 0 aliphatic heterocycles. The summed E-state index contributed by atoms with van der Waals surface area (Å²) in [6.07, 6.45) is -10.5. The predicted octanol–water partition coefficient (Wildman–Crippen LogP) is -2.99. The Kier molecular flexibility index (Phi) is 8.66. The number of aliphatic carboxylic acids is 1. The Morgan fingerprint density at radius 1 is 1.10 bits per heavy atom. The van der Waals surface area contributed by atoms with E-state index in [4.69, 9.17) is 5.11 Å². The van der Waals surface area contributed by atoms with Crippen molar-refractivity contribution in [3.63, 3.8) is 0 Å². The van der Waals surface area contributed by atoms with Crippen LogP contribution in [0.25, 0.3) is 0 Å². The van der Waals surface area contributed by atoms with Crippen LogP contribution in [0.5, 0.6) is 0 Å². The third-order valence-electron chi connectivity index (χ3n) is 2.52. The predicted molar refractivity (Wildman–Crippen MR) is 63.9 cm³/mol. The molecule has 0 amide bonds. The molecule has 21 heavy (non-hydrogen) atoms. The fourth-order valence-corrected chi connectivity index (χ4v) is 1.39. The van der Waals surface area contributed by atoms with E-state index in [1.54, 1.807) is 0 Å². The van der Waals surface area contributed by atoms with Gasteiger partial charge in [-0.25, -0.2) is 0 Å². The fraction of sp³-hybridized carbons (Fsp3) is 0.727. The molecule has 0 spiro atoms. The van der Waals surface area contributed by atoms with Crippen molar-refractivity contribution in [2.24, 2.45) is 0 Å². The number of carbonyl (C=O) groups is 3. The van der Waals surface area contributed by atoms with Crippen LogP contribution in [0.15, 0.2) is 0 Å². The summed E-state index contributed by atoms with van der Waals surface area (Å²) in [4.78, 5) is 31.8. The topological polar surface area (TPSA) is 171 Å². The normalized spacial score (nSPS) is 18.1. The lowest BCUT2D eigenvalue weighted by Gasteiger charge is -2.29. The lowest BCUT2D eigenvalue weighted by Crippen LogP contribution is -2.51. The van der Waals surface area contributed by atoms with Gasteiger partial charge in [0.15, 0.2) is 6.29 Å². The third-order valence-corrected chi connectivity index (χ3v) is 2.52. The Labute approximate surface area is 119 Å². The lowest BCUT2D eigenvalue weighted by molar-refractivity contribution is -0.214. The number of hydrogen-bond donors (Lipinski definition) is 5. The van der Waals surface area contributed by atoms with Crippen LogP contribution in [-0.2, 0) is 23.9 Å². The molecule has 5 atom stereocenters. The maximum atomic E-state index is 11.1. The zero-order chi connectivity index (χ0) is 16.6. The van der Waals surface area contributed by atoms with E-state index in [-0.39, 0.29) is 6.29 Å². The summed E-state index contributed by atoms with van der Waals surface area (Å²) in [5.74, 6) is -2.36. The van der Waals surface area contributed by atoms with Gasteiger partial charge in [0, 0.05) is 7.11 Å². The number of rotatable bonds is 10. The number of methoxy groups -OCH3 is 1. The Morgan fingerprint density at radius 3 is 2.10 bits per heavy atom. The van der Waals surface area contributed by atoms with Gasteiger partial charge in [0.05, 0.1) is 12.8 Å². The first-order valence-corrected chi connectivity index (χ1v) is 5.86. The minimum Gasteiger partial charge on any atom is -0.481 e. The van der Waals surface area contributed by atoms with Crippen molar-refractivity contribution < 1.29 is 49.4 Å². The van der Waals surface area contributed by atoms with Crippen LogP contribution in [0.4, 0.5) is 0 Å². The van der Waals surface area contributed by atoms with Gasteiger partial charge in [-0.15, -0.1) is 0 Å². The van der Waals surface area contributed by atoms with Gasteiger partial charge in [0.25, 0.3) is 0 Å². The van der Waals surface area contributed by atoms with Crippen LogP contribution in [0.2, 0.25) is 0 Å². The Morgan fingerprint density at radius 2 is 1.67 bits per heavy atom. The second-order valence-corrected chi connectivity index (χ2v) is 4.08. The van der Waals surface area contributed by atoms with E-state index in [0.29, 0.717) is 0 Å². The molecule has 0 unspecified atom stereocenters. The first-order chi connectivity index (χ1) is 9.74. The molecule has 10 nitrogen and oxygen atoms in total. The number of aliphatic hydroxyl groups is 4. The summed E-state index contributed by atoms with van der Waals surface area (Å²) in [5, 5.41) is 46.2. The molecule has 0 aliphatic rings. The first-order valence-electron chi connectivity index (χ1n) is 5.86. The molecule has 0 aromatic rings. The molecule has 0 rings (SSSR count). The van der Waals surface area contributed by atoms with E-state index in [2.05, 4.69) is 9.47 Å². The molecule has 122 valence electrons. The van der Waals surface area contributed by atoms with Gasteiger partial charge in [0.1, 0.15) is 24.4 Å². The zero-order valence-electron chi connectivity index (χ0n) is 11.2. The minimum absolute atomic E-state index is 0.0509. The molecule has 0 bridgehead atoms. The van der Waals surface area contributed by atoms with Gasteiger partial charge in [0.2, 0.25) is 6.29 Å². The van der Waals surface area contributed by atoms with Crippen LogP contribution in [0, 0.1) is 0 Å². The second-order valence-electron chi connectivity index (χ2n) is 4.08. The maximum Gasteiger partial charge on any atom is 0.308 e. The number of esters is 1. The van der Waals surface area contributed by atoms with Gasteiger partial charge in [-0.2, -0.15) is 0 Å². The lowest BCUT2D eigenvalue weighted by atomic mass is 10.0. The summed E-state index contributed by atoms with van der Waals surface area (Å²) in [6, 6.07) is 0. The number of aliphatic hydroxyl groups excluding tert-OH is 4. The minimum atomic E-state index is -2.18. The molecule has 0 heterocycles. The van der Waals surface area contributed by atoms with Gasteiger partial charge in [-0.05, 0) is 0 Å². The third kappa shape index (κ3) is 6.60. The van der Waals surface area contributed by atoms with E-state index < -0.39 is 55.5 Å². The quantitative estimate of drug-likeness (QED) is 0.159. The Hall–Kier alpha value is -1.59. The Balaban J connectivity index is 4.53. The highest BCUT2D eigenvalue weighted by atomic mass is 16.6. The van der Waals surface area contributed by atoms with E-state index in [0.717, 1.165) is 7.11 Å². The van der Waals surface area contributed by atoms with Crippen molar-refractivity contribution in [3.05, 3.63) is 0 Å². The van der Waals surface area contributed by atoms with E-state index in [1.807, 2.05) is 0 Å². The van der Waals surface area contributed by atoms with Gasteiger partial charge < -0.3 is 39.8 Å². The number of carboxylic acid groups (broad SMARTS) is 1. The highest BCUT2D eigenvalue weighted by Gasteiger charge is 2.37. The fourth-order valence-electron chi connectivity index (χ4n) is 1.39. The maximum absolute atomic E-state index is 11.1. The largest absolute Gasteiger partial charge is 0.481 e. The van der Waals surface area contributed by atoms with Crippen molar-refractivity contribution >= 4 is 18.2 Å². The van der Waals surface area contributed by atoms with Crippen LogP contribution < -0.4 is 0 Å². The number of carboxylic acids is 1. The van der Waals surface area contributed by atoms with Gasteiger partial charge in [-0.3, -0.25) is 9.59 Å². The Bertz CT molecular complexity index is 357. The number of carbonyl (C=O) groups excluding carboxylic acids is 2. The summed E-state index contributed by atoms with van der Waals surface area (Å²) in [6.45, 7) is 0. The number of aldehydes is 1. The average Bonchev–Trinajstić information content (AvgIpc) is 2.44. The van der Waals surface area contributed by atoms with Gasteiger partial charge >= 0.3 is 11.9 Å². The van der Waals surface area contributed by atoms with E-state index in [1.165, 1.54) is 0 Å². The standard InChI is InChI=1S/C11H18O10/c1-20-10(5(13)4-12)8(17)9(18)11(19)21-7(16)3-2-6(14)15/h4-5,8-11,13,17-19H,2-3H2,1H3,(H,14,15)/t5-,8+,9-,10+,11+/m0/s1. The van der Waals surface area contributed by atoms with Crippen molar-refractivity contribution in [2.45, 2.75) is 43.5 Å². The second kappa shape index (κ2) is 9.37. The molecular formula is C11H18O10. The van der Waals surface area contributed by atoms with Crippen LogP contribution in [0.1, 0.15) is 12.8 Å². The summed E-state index contributed by atoms with van der Waals surface area (Å²) >= 11 is 0. The van der Waals surface area contributed by atoms with E-state index >= 15 is 0 Å². The molecule has 0 saturated carbocycles. The molecule has 0 fully saturated rings. The molecule has 0 aliphatic carbocycles. The molecule has 0 radical (unpaired) electrons. The van der Waals surface area contributed by atoms with Crippen LogP contribution in [0.3, 0.4) is 0 Å². The average molecular weight is 310 g/mol. The summed E-state index contributed by atoms with van der Waals surface area (Å²) in [5.41, 5.74) is 0. The van der Waals surface area contributed by atoms with Crippen molar-refractivity contribution in [2.75, 3.05) is 7.11 Å². The number of ether oxygens (including phenoxy) is 2. The van der Waals surface area contributed by atoms with Crippen molar-refractivity contribution in [1.29, 1.82) is 0 Å². The SMILES string of the molecule is CO[C@@H]([C@H](O)[C@H](O)[C@H](O)OC(=O)CCC(=O)O)[C@@H](O)C=O. The van der Waals surface area contributed by atoms with Gasteiger partial charge in [-0.1, -0.05) is 0 Å². The number of hydrogen-bond acceptors (Lipinski definition) is 9. The van der Waals surface area contributed by atoms with Crippen LogP contribution in [-0.4, -0.2) is 81.6 Å². The highest BCUT2D eigenvalue weighted by molar-refractivity contribution is 5.76. The highest BCUT2D eigenvalue weighted by Crippen LogP contribution is 2.12. The van der Waals surface area contributed by atoms with Crippen molar-refractivity contribution in [1.82, 2.24) is 0 Å². The van der Waals surface area contributed by atoms with E-state index in [9.17, 15) is 34.8 Å². The first kappa shape index (κ1) is 19.4. The molecule has 10 heteroatoms. The molecule has 0 aromatic heterocycles. The molecule has 5 N–H and O–H groups in total. The van der Waals surface area contributed by atoms with Crippen molar-refractivity contribution in [3.8, 4) is 0 Å². The smallest absolute Gasteiger partial charge is 0.308 e. The monoisotopic (exact) mass is 310 g/mol. The van der Waals surface area contributed by atoms with Crippen LogP contribution >= 0.6 is 0 Å².